The van der Waals surface area contributed by atoms with E-state index in [4.69, 9.17) is 4.74 Å². The van der Waals surface area contributed by atoms with Gasteiger partial charge in [0.25, 0.3) is 0 Å². The number of hydrogen-bond acceptors (Lipinski definition) is 7. The molecule has 9 heteroatoms. The average molecular weight is 442 g/mol. The number of nitrogens with one attached hydrogen (secondary N) is 2. The minimum atomic E-state index is -0.416. The number of ether oxygens (including phenoxy) is 1. The zero-order valence-electron chi connectivity index (χ0n) is 17.8. The first kappa shape index (κ1) is 21.6. The Labute approximate surface area is 186 Å². The van der Waals surface area contributed by atoms with Crippen molar-refractivity contribution in [1.29, 1.82) is 0 Å². The largest absolute Gasteiger partial charge is 0.494 e. The van der Waals surface area contributed by atoms with Crippen molar-refractivity contribution in [3.05, 3.63) is 59.9 Å². The van der Waals surface area contributed by atoms with Gasteiger partial charge in [-0.1, -0.05) is 18.2 Å². The molecule has 2 aliphatic rings. The van der Waals surface area contributed by atoms with Crippen molar-refractivity contribution < 1.29 is 14.3 Å². The summed E-state index contributed by atoms with van der Waals surface area (Å²) in [6.07, 6.45) is 1.14. The van der Waals surface area contributed by atoms with Gasteiger partial charge in [-0.3, -0.25) is 25.3 Å². The monoisotopic (exact) mass is 441 g/mol. The number of pyridine rings is 1. The number of aromatic nitrogens is 1. The Balaban J connectivity index is 1.59. The molecule has 0 spiro atoms. The van der Waals surface area contributed by atoms with Gasteiger partial charge in [0.15, 0.2) is 0 Å². The number of urea groups is 1. The molecule has 3 heterocycles. The Morgan fingerprint density at radius 2 is 1.87 bits per heavy atom. The molecule has 0 bridgehead atoms. The van der Waals surface area contributed by atoms with Crippen LogP contribution in [0.25, 0.3) is 0 Å². The van der Waals surface area contributed by atoms with Crippen molar-refractivity contribution in [2.75, 3.05) is 20.7 Å². The summed E-state index contributed by atoms with van der Waals surface area (Å²) < 4.78 is 5.54. The van der Waals surface area contributed by atoms with E-state index in [9.17, 15) is 9.59 Å². The number of nitrogens with zero attached hydrogens (tertiary/aromatic N) is 3. The Morgan fingerprint density at radius 1 is 1.10 bits per heavy atom. The summed E-state index contributed by atoms with van der Waals surface area (Å²) in [5, 5.41) is 6.84. The van der Waals surface area contributed by atoms with E-state index in [1.54, 1.807) is 29.9 Å². The fourth-order valence-electron chi connectivity index (χ4n) is 3.97. The molecule has 0 saturated carbocycles. The molecule has 2 fully saturated rings. The molecule has 4 rings (SSSR count). The number of hydrogen-bond donors (Lipinski definition) is 2. The van der Waals surface area contributed by atoms with Gasteiger partial charge in [-0.2, -0.15) is 0 Å². The van der Waals surface area contributed by atoms with Crippen LogP contribution in [-0.4, -0.2) is 59.0 Å². The van der Waals surface area contributed by atoms with E-state index in [0.717, 1.165) is 17.0 Å². The Hall–Kier alpha value is -2.62. The third-order valence-electron chi connectivity index (χ3n) is 5.62. The van der Waals surface area contributed by atoms with Crippen LogP contribution in [0.1, 0.15) is 24.3 Å². The van der Waals surface area contributed by atoms with Crippen molar-refractivity contribution in [3.8, 4) is 5.75 Å². The predicted octanol–water partition coefficient (Wildman–Crippen LogP) is 2.40. The first-order chi connectivity index (χ1) is 15.0. The summed E-state index contributed by atoms with van der Waals surface area (Å²) in [7, 11) is 3.27. The molecular weight excluding hydrogens is 414 g/mol. The minimum absolute atomic E-state index is 0.184. The highest BCUT2D eigenvalue weighted by Gasteiger charge is 2.51. The lowest BCUT2D eigenvalue weighted by molar-refractivity contribution is -0.140. The molecule has 2 aromatic rings. The molecule has 2 saturated heterocycles. The summed E-state index contributed by atoms with van der Waals surface area (Å²) in [5.41, 5.74) is 1.96. The summed E-state index contributed by atoms with van der Waals surface area (Å²) in [6.45, 7) is 2.56. The molecule has 4 unspecified atom stereocenters. The second kappa shape index (κ2) is 9.25. The lowest BCUT2D eigenvalue weighted by atomic mass is 9.96. The molecule has 1 aromatic heterocycles. The van der Waals surface area contributed by atoms with Gasteiger partial charge in [0.05, 0.1) is 35.9 Å². The fraction of sp³-hybridized carbons (Fsp3) is 0.409. The molecule has 2 aliphatic heterocycles. The molecule has 8 nitrogen and oxygen atoms in total. The molecular formula is C22H27N5O3S. The van der Waals surface area contributed by atoms with Crippen LogP contribution in [0.2, 0.25) is 0 Å². The smallest absolute Gasteiger partial charge is 0.327 e. The van der Waals surface area contributed by atoms with Gasteiger partial charge in [0.2, 0.25) is 5.91 Å². The van der Waals surface area contributed by atoms with E-state index in [2.05, 4.69) is 15.6 Å². The number of carbonyl (C=O) groups is 2. The van der Waals surface area contributed by atoms with E-state index >= 15 is 0 Å². The van der Waals surface area contributed by atoms with E-state index < -0.39 is 12.1 Å². The van der Waals surface area contributed by atoms with Gasteiger partial charge in [-0.15, -0.1) is 11.8 Å². The molecule has 164 valence electrons. The Kier molecular flexibility index (Phi) is 6.45. The molecule has 0 radical (unpaired) electrons. The number of imide groups is 1. The van der Waals surface area contributed by atoms with Crippen molar-refractivity contribution >= 4 is 23.7 Å². The number of benzene rings is 1. The van der Waals surface area contributed by atoms with Crippen LogP contribution in [0.15, 0.2) is 48.7 Å². The maximum Gasteiger partial charge on any atom is 0.327 e. The zero-order chi connectivity index (χ0) is 22.0. The van der Waals surface area contributed by atoms with Gasteiger partial charge in [-0.25, -0.2) is 4.79 Å². The van der Waals surface area contributed by atoms with Gasteiger partial charge in [-0.05, 0) is 36.8 Å². The van der Waals surface area contributed by atoms with Gasteiger partial charge < -0.3 is 9.64 Å². The van der Waals surface area contributed by atoms with Crippen LogP contribution in [0, 0.1) is 5.92 Å². The maximum atomic E-state index is 13.0. The number of amides is 3. The van der Waals surface area contributed by atoms with Crippen molar-refractivity contribution in [2.45, 2.75) is 30.4 Å². The van der Waals surface area contributed by atoms with Crippen LogP contribution in [0.4, 0.5) is 4.79 Å². The summed E-state index contributed by atoms with van der Waals surface area (Å²) in [6, 6.07) is 13.4. The van der Waals surface area contributed by atoms with E-state index in [1.165, 1.54) is 11.9 Å². The molecule has 0 aliphatic carbocycles. The highest BCUT2D eigenvalue weighted by molar-refractivity contribution is 7.99. The first-order valence-electron chi connectivity index (χ1n) is 10.3. The molecule has 4 atom stereocenters. The van der Waals surface area contributed by atoms with Gasteiger partial charge in [0, 0.05) is 26.0 Å². The standard InChI is InChI=1S/C22H27N5O3S/c1-4-30-16-10-8-14(9-11-16)18-24-19-17(21(28)27(3)22(29)26(19)2)20(25-18)31-13-15-7-5-6-12-23-15/h5-12,17-20,24-25H,4,13H2,1-3H3. The number of rotatable bonds is 6. The normalized spacial score (nSPS) is 26.0. The van der Waals surface area contributed by atoms with E-state index in [0.29, 0.717) is 12.4 Å². The first-order valence-corrected chi connectivity index (χ1v) is 11.3. The minimum Gasteiger partial charge on any atom is -0.494 e. The second-order valence-corrected chi connectivity index (χ2v) is 8.71. The topological polar surface area (TPSA) is 86.8 Å². The predicted molar refractivity (Wildman–Crippen MR) is 119 cm³/mol. The lowest BCUT2D eigenvalue weighted by Gasteiger charge is -2.50. The van der Waals surface area contributed by atoms with Crippen LogP contribution in [0.3, 0.4) is 0 Å². The maximum absolute atomic E-state index is 13.0. The third-order valence-corrected chi connectivity index (χ3v) is 6.87. The quantitative estimate of drug-likeness (QED) is 0.712. The molecule has 31 heavy (non-hydrogen) atoms. The highest BCUT2D eigenvalue weighted by Crippen LogP contribution is 2.35. The average Bonchev–Trinajstić information content (AvgIpc) is 2.81. The van der Waals surface area contributed by atoms with Crippen molar-refractivity contribution in [2.24, 2.45) is 5.92 Å². The molecule has 1 aromatic carbocycles. The summed E-state index contributed by atoms with van der Waals surface area (Å²) in [5.74, 6) is 0.867. The number of fused-ring (bicyclic) bond motifs is 1. The van der Waals surface area contributed by atoms with E-state index in [-0.39, 0.29) is 23.5 Å². The van der Waals surface area contributed by atoms with Crippen LogP contribution < -0.4 is 15.4 Å². The van der Waals surface area contributed by atoms with Gasteiger partial charge in [0.1, 0.15) is 5.75 Å². The Morgan fingerprint density at radius 3 is 2.55 bits per heavy atom. The Bertz CT molecular complexity index is 927. The fourth-order valence-corrected chi connectivity index (χ4v) is 5.20. The summed E-state index contributed by atoms with van der Waals surface area (Å²) >= 11 is 1.63. The molecule has 3 amide bonds. The van der Waals surface area contributed by atoms with E-state index in [1.807, 2.05) is 49.4 Å². The highest BCUT2D eigenvalue weighted by atomic mass is 32.2. The SMILES string of the molecule is CCOc1ccc(C2NC(SCc3ccccn3)C3C(=O)N(C)C(=O)N(C)C3N2)cc1. The third kappa shape index (κ3) is 4.39. The zero-order valence-corrected chi connectivity index (χ0v) is 18.6. The van der Waals surface area contributed by atoms with Crippen LogP contribution in [-0.2, 0) is 10.5 Å². The summed E-state index contributed by atoms with van der Waals surface area (Å²) in [4.78, 5) is 32.8. The van der Waals surface area contributed by atoms with Crippen LogP contribution >= 0.6 is 11.8 Å². The van der Waals surface area contributed by atoms with Crippen LogP contribution in [0.5, 0.6) is 5.75 Å². The molecule has 2 N–H and O–H groups in total. The second-order valence-electron chi connectivity index (χ2n) is 7.58. The van der Waals surface area contributed by atoms with Crippen molar-refractivity contribution in [3.63, 3.8) is 0 Å². The number of thioether (sulfide) groups is 1. The van der Waals surface area contributed by atoms with Gasteiger partial charge >= 0.3 is 6.03 Å². The number of carbonyl (C=O) groups excluding carboxylic acids is 2. The van der Waals surface area contributed by atoms with Crippen molar-refractivity contribution in [1.82, 2.24) is 25.4 Å². The lowest BCUT2D eigenvalue weighted by Crippen LogP contribution is -2.72.